The number of nitrogens with zero attached hydrogens (tertiary/aromatic N) is 1. The summed E-state index contributed by atoms with van der Waals surface area (Å²) >= 11 is 0. The molecular formula is C23H45NO3. The first-order valence-corrected chi connectivity index (χ1v) is 10.9. The van der Waals surface area contributed by atoms with E-state index in [9.17, 15) is 4.79 Å². The van der Waals surface area contributed by atoms with Gasteiger partial charge >= 0.3 is 0 Å². The molecule has 0 rings (SSSR count). The van der Waals surface area contributed by atoms with Crippen molar-refractivity contribution in [3.63, 3.8) is 0 Å². The Balaban J connectivity index is 0. The first-order chi connectivity index (χ1) is 13.2. The topological polar surface area (TPSA) is 38.8 Å². The molecule has 1 amide bonds. The molecule has 0 radical (unpaired) electrons. The molecule has 0 unspecified atom stereocenters. The third-order valence-corrected chi connectivity index (χ3v) is 3.99. The summed E-state index contributed by atoms with van der Waals surface area (Å²) < 4.78 is 10.8. The van der Waals surface area contributed by atoms with Crippen LogP contribution < -0.4 is 0 Å². The highest BCUT2D eigenvalue weighted by Gasteiger charge is 2.11. The minimum Gasteiger partial charge on any atom is -0.381 e. The van der Waals surface area contributed by atoms with Crippen LogP contribution in [0, 0.1) is 0 Å². The molecule has 27 heavy (non-hydrogen) atoms. The van der Waals surface area contributed by atoms with Gasteiger partial charge in [0.2, 0.25) is 5.91 Å². The maximum atomic E-state index is 12.1. The van der Waals surface area contributed by atoms with Gasteiger partial charge in [-0.3, -0.25) is 4.79 Å². The van der Waals surface area contributed by atoms with Crippen LogP contribution in [0.4, 0.5) is 0 Å². The van der Waals surface area contributed by atoms with Gasteiger partial charge in [-0.15, -0.1) is 0 Å². The third kappa shape index (κ3) is 18.0. The lowest BCUT2D eigenvalue weighted by molar-refractivity contribution is -0.126. The zero-order chi connectivity index (χ0) is 20.8. The minimum atomic E-state index is 0.0914. The van der Waals surface area contributed by atoms with E-state index in [4.69, 9.17) is 9.47 Å². The fourth-order valence-corrected chi connectivity index (χ4v) is 2.54. The van der Waals surface area contributed by atoms with Gasteiger partial charge in [-0.2, -0.15) is 0 Å². The highest BCUT2D eigenvalue weighted by Crippen LogP contribution is 2.12. The molecule has 0 aliphatic rings. The summed E-state index contributed by atoms with van der Waals surface area (Å²) in [4.78, 5) is 14.0. The van der Waals surface area contributed by atoms with Crippen LogP contribution in [0.2, 0.25) is 0 Å². The largest absolute Gasteiger partial charge is 0.381 e. The number of unbranched alkanes of at least 4 members (excludes halogenated alkanes) is 5. The standard InChI is InChI=1S/C21H39NO3.C2H6/c1-5-7-9-10-16-22(20(3)23)21(14-12-17-24-4)15-13-19-25-18-11-8-6-2;1-2/h12,14-15H,5-11,13,16-19H2,1-4H3;1-2H3/b14-12-,21-15+;. The van der Waals surface area contributed by atoms with E-state index in [1.807, 2.05) is 30.9 Å². The van der Waals surface area contributed by atoms with E-state index in [1.54, 1.807) is 14.0 Å². The lowest BCUT2D eigenvalue weighted by atomic mass is 10.2. The Hall–Kier alpha value is -1.13. The maximum absolute atomic E-state index is 12.1. The van der Waals surface area contributed by atoms with Gasteiger partial charge in [-0.05, 0) is 25.3 Å². The molecular weight excluding hydrogens is 338 g/mol. The van der Waals surface area contributed by atoms with Crippen molar-refractivity contribution in [2.45, 2.75) is 86.0 Å². The normalized spacial score (nSPS) is 11.4. The van der Waals surface area contributed by atoms with Crippen molar-refractivity contribution in [1.82, 2.24) is 4.90 Å². The fraction of sp³-hybridized carbons (Fsp3) is 0.783. The summed E-state index contributed by atoms with van der Waals surface area (Å²) in [5.74, 6) is 0.0914. The van der Waals surface area contributed by atoms with Crippen LogP contribution in [-0.2, 0) is 14.3 Å². The van der Waals surface area contributed by atoms with Crippen LogP contribution in [0.15, 0.2) is 23.9 Å². The molecule has 4 heteroatoms. The summed E-state index contributed by atoms with van der Waals surface area (Å²) in [6.07, 6.45) is 15.0. The molecule has 160 valence electrons. The molecule has 0 bridgehead atoms. The van der Waals surface area contributed by atoms with Gasteiger partial charge in [-0.1, -0.05) is 72.0 Å². The first kappa shape index (κ1) is 28.1. The molecule has 0 aliphatic heterocycles. The number of allylic oxidation sites excluding steroid dienone is 1. The highest BCUT2D eigenvalue weighted by molar-refractivity contribution is 5.75. The summed E-state index contributed by atoms with van der Waals surface area (Å²) in [7, 11) is 1.67. The van der Waals surface area contributed by atoms with Crippen LogP contribution in [-0.4, -0.2) is 44.3 Å². The van der Waals surface area contributed by atoms with E-state index >= 15 is 0 Å². The molecule has 0 saturated heterocycles. The van der Waals surface area contributed by atoms with E-state index in [2.05, 4.69) is 19.9 Å². The van der Waals surface area contributed by atoms with Gasteiger partial charge in [0.05, 0.1) is 13.2 Å². The zero-order valence-electron chi connectivity index (χ0n) is 18.9. The van der Waals surface area contributed by atoms with Crippen LogP contribution in [0.1, 0.15) is 86.0 Å². The molecule has 0 aromatic heterocycles. The average Bonchev–Trinajstić information content (AvgIpc) is 2.67. The summed E-state index contributed by atoms with van der Waals surface area (Å²) in [5, 5.41) is 0. The summed E-state index contributed by atoms with van der Waals surface area (Å²) in [6.45, 7) is 12.9. The number of carbonyl (C=O) groups is 1. The predicted octanol–water partition coefficient (Wildman–Crippen LogP) is 6.12. The monoisotopic (exact) mass is 383 g/mol. The summed E-state index contributed by atoms with van der Waals surface area (Å²) in [5.41, 5.74) is 0.957. The molecule has 0 aliphatic carbocycles. The predicted molar refractivity (Wildman–Crippen MR) is 117 cm³/mol. The quantitative estimate of drug-likeness (QED) is 0.238. The smallest absolute Gasteiger partial charge is 0.223 e. The SMILES string of the molecule is CC.CCCCCCN(C(C)=O)C(/C=C\COC)=C/CCOCCCCC. The van der Waals surface area contributed by atoms with Gasteiger partial charge in [-0.25, -0.2) is 0 Å². The minimum absolute atomic E-state index is 0.0914. The van der Waals surface area contributed by atoms with Gasteiger partial charge in [0.15, 0.2) is 0 Å². The van der Waals surface area contributed by atoms with Crippen molar-refractivity contribution in [3.05, 3.63) is 23.9 Å². The second kappa shape index (κ2) is 22.9. The first-order valence-electron chi connectivity index (χ1n) is 10.9. The van der Waals surface area contributed by atoms with Crippen molar-refractivity contribution >= 4 is 5.91 Å². The molecule has 0 spiro atoms. The number of amides is 1. The van der Waals surface area contributed by atoms with Crippen LogP contribution in [0.25, 0.3) is 0 Å². The number of methoxy groups -OCH3 is 1. The van der Waals surface area contributed by atoms with Gasteiger partial charge < -0.3 is 14.4 Å². The van der Waals surface area contributed by atoms with Crippen molar-refractivity contribution in [2.75, 3.05) is 33.5 Å². The number of ether oxygens (including phenoxy) is 2. The Kier molecular flexibility index (Phi) is 23.8. The van der Waals surface area contributed by atoms with Crippen molar-refractivity contribution in [3.8, 4) is 0 Å². The van der Waals surface area contributed by atoms with Crippen LogP contribution in [0.5, 0.6) is 0 Å². The molecule has 0 N–H and O–H groups in total. The van der Waals surface area contributed by atoms with E-state index in [-0.39, 0.29) is 5.91 Å². The van der Waals surface area contributed by atoms with E-state index in [0.29, 0.717) is 13.2 Å². The molecule has 0 heterocycles. The van der Waals surface area contributed by atoms with Crippen molar-refractivity contribution < 1.29 is 14.3 Å². The summed E-state index contributed by atoms with van der Waals surface area (Å²) in [6, 6.07) is 0. The van der Waals surface area contributed by atoms with Gasteiger partial charge in [0.25, 0.3) is 0 Å². The number of hydrogen-bond donors (Lipinski definition) is 0. The Labute approximate surface area is 169 Å². The molecule has 0 aromatic carbocycles. The molecule has 0 saturated carbocycles. The van der Waals surface area contributed by atoms with E-state index in [1.165, 1.54) is 25.7 Å². The van der Waals surface area contributed by atoms with E-state index < -0.39 is 0 Å². The molecule has 0 fully saturated rings. The maximum Gasteiger partial charge on any atom is 0.223 e. The Morgan fingerprint density at radius 1 is 0.963 bits per heavy atom. The Bertz CT molecular complexity index is 378. The second-order valence-corrected chi connectivity index (χ2v) is 6.33. The van der Waals surface area contributed by atoms with Crippen molar-refractivity contribution in [2.24, 2.45) is 0 Å². The van der Waals surface area contributed by atoms with Crippen LogP contribution >= 0.6 is 0 Å². The highest BCUT2D eigenvalue weighted by atomic mass is 16.5. The Morgan fingerprint density at radius 2 is 1.63 bits per heavy atom. The van der Waals surface area contributed by atoms with E-state index in [0.717, 1.165) is 44.5 Å². The van der Waals surface area contributed by atoms with Crippen molar-refractivity contribution in [1.29, 1.82) is 0 Å². The second-order valence-electron chi connectivity index (χ2n) is 6.33. The Morgan fingerprint density at radius 3 is 2.22 bits per heavy atom. The van der Waals surface area contributed by atoms with Gasteiger partial charge in [0, 0.05) is 32.9 Å². The number of carbonyl (C=O) groups excluding carboxylic acids is 1. The number of hydrogen-bond acceptors (Lipinski definition) is 3. The lowest BCUT2D eigenvalue weighted by Crippen LogP contribution is -2.28. The molecule has 4 nitrogen and oxygen atoms in total. The molecule has 0 aromatic rings. The van der Waals surface area contributed by atoms with Gasteiger partial charge in [0.1, 0.15) is 0 Å². The fourth-order valence-electron chi connectivity index (χ4n) is 2.54. The number of rotatable bonds is 16. The van der Waals surface area contributed by atoms with Crippen LogP contribution in [0.3, 0.4) is 0 Å². The zero-order valence-corrected chi connectivity index (χ0v) is 18.9. The third-order valence-electron chi connectivity index (χ3n) is 3.99. The average molecular weight is 384 g/mol. The molecule has 0 atom stereocenters. The lowest BCUT2D eigenvalue weighted by Gasteiger charge is -2.22.